The van der Waals surface area contributed by atoms with Gasteiger partial charge in [-0.15, -0.1) is 0 Å². The van der Waals surface area contributed by atoms with Crippen LogP contribution in [0.4, 0.5) is 5.82 Å². The predicted octanol–water partition coefficient (Wildman–Crippen LogP) is 3.35. The third-order valence-corrected chi connectivity index (χ3v) is 3.20. The van der Waals surface area contributed by atoms with Crippen LogP contribution in [-0.4, -0.2) is 16.5 Å². The van der Waals surface area contributed by atoms with E-state index in [-0.39, 0.29) is 0 Å². The van der Waals surface area contributed by atoms with Gasteiger partial charge in [0.05, 0.1) is 0 Å². The second-order valence-corrected chi connectivity index (χ2v) is 4.56. The smallest absolute Gasteiger partial charge is 0.133 e. The molecule has 0 radical (unpaired) electrons. The van der Waals surface area contributed by atoms with Crippen molar-refractivity contribution in [3.63, 3.8) is 0 Å². The SMILES string of the molecule is CCCNc1ccnc(C2CCCCC2)n1. The summed E-state index contributed by atoms with van der Waals surface area (Å²) in [6, 6.07) is 1.96. The molecule has 1 heterocycles. The average molecular weight is 219 g/mol. The van der Waals surface area contributed by atoms with Crippen LogP contribution in [0.3, 0.4) is 0 Å². The van der Waals surface area contributed by atoms with E-state index in [1.54, 1.807) is 0 Å². The highest BCUT2D eigenvalue weighted by atomic mass is 15.0. The highest BCUT2D eigenvalue weighted by Crippen LogP contribution is 2.30. The van der Waals surface area contributed by atoms with E-state index in [0.29, 0.717) is 5.92 Å². The molecule has 0 aromatic carbocycles. The molecule has 88 valence electrons. The Hall–Kier alpha value is -1.12. The van der Waals surface area contributed by atoms with Gasteiger partial charge in [-0.05, 0) is 25.3 Å². The summed E-state index contributed by atoms with van der Waals surface area (Å²) >= 11 is 0. The largest absolute Gasteiger partial charge is 0.370 e. The maximum absolute atomic E-state index is 4.61. The Kier molecular flexibility index (Phi) is 4.14. The molecule has 3 nitrogen and oxygen atoms in total. The molecule has 1 aromatic rings. The summed E-state index contributed by atoms with van der Waals surface area (Å²) in [7, 11) is 0. The van der Waals surface area contributed by atoms with Crippen LogP contribution in [0.25, 0.3) is 0 Å². The Morgan fingerprint density at radius 2 is 2.12 bits per heavy atom. The van der Waals surface area contributed by atoms with Gasteiger partial charge in [0.25, 0.3) is 0 Å². The molecular formula is C13H21N3. The monoisotopic (exact) mass is 219 g/mol. The molecule has 1 aliphatic carbocycles. The lowest BCUT2D eigenvalue weighted by molar-refractivity contribution is 0.429. The number of hydrogen-bond donors (Lipinski definition) is 1. The first kappa shape index (κ1) is 11.4. The van der Waals surface area contributed by atoms with Crippen LogP contribution in [0.2, 0.25) is 0 Å². The van der Waals surface area contributed by atoms with Gasteiger partial charge in [0.2, 0.25) is 0 Å². The third-order valence-electron chi connectivity index (χ3n) is 3.20. The van der Waals surface area contributed by atoms with E-state index in [4.69, 9.17) is 0 Å². The first-order chi connectivity index (χ1) is 7.90. The zero-order valence-corrected chi connectivity index (χ0v) is 10.1. The van der Waals surface area contributed by atoms with Crippen LogP contribution in [0, 0.1) is 0 Å². The van der Waals surface area contributed by atoms with E-state index in [2.05, 4.69) is 22.2 Å². The lowest BCUT2D eigenvalue weighted by Crippen LogP contribution is -2.10. The second kappa shape index (κ2) is 5.83. The number of rotatable bonds is 4. The lowest BCUT2D eigenvalue weighted by atomic mass is 9.89. The second-order valence-electron chi connectivity index (χ2n) is 4.56. The summed E-state index contributed by atoms with van der Waals surface area (Å²) in [5.41, 5.74) is 0. The first-order valence-electron chi connectivity index (χ1n) is 6.47. The van der Waals surface area contributed by atoms with Gasteiger partial charge in [-0.1, -0.05) is 26.2 Å². The van der Waals surface area contributed by atoms with E-state index in [0.717, 1.165) is 24.6 Å². The standard InChI is InChI=1S/C13H21N3/c1-2-9-14-12-8-10-15-13(16-12)11-6-4-3-5-7-11/h8,10-11H,2-7,9H2,1H3,(H,14,15,16). The molecule has 0 amide bonds. The van der Waals surface area contributed by atoms with Crippen molar-refractivity contribution < 1.29 is 0 Å². The summed E-state index contributed by atoms with van der Waals surface area (Å²) < 4.78 is 0. The number of hydrogen-bond acceptors (Lipinski definition) is 3. The molecule has 1 fully saturated rings. The Morgan fingerprint density at radius 1 is 1.31 bits per heavy atom. The van der Waals surface area contributed by atoms with E-state index in [1.807, 2.05) is 12.3 Å². The highest BCUT2D eigenvalue weighted by Gasteiger charge is 2.17. The molecule has 0 saturated heterocycles. The summed E-state index contributed by atoms with van der Waals surface area (Å²) in [4.78, 5) is 9.03. The van der Waals surface area contributed by atoms with E-state index in [9.17, 15) is 0 Å². The molecule has 2 rings (SSSR count). The van der Waals surface area contributed by atoms with Crippen molar-refractivity contribution >= 4 is 5.82 Å². The molecule has 1 aliphatic rings. The third kappa shape index (κ3) is 2.94. The molecular weight excluding hydrogens is 198 g/mol. The van der Waals surface area contributed by atoms with Gasteiger partial charge in [-0.25, -0.2) is 9.97 Å². The molecule has 0 aliphatic heterocycles. The molecule has 0 unspecified atom stereocenters. The molecule has 16 heavy (non-hydrogen) atoms. The van der Waals surface area contributed by atoms with E-state index in [1.165, 1.54) is 32.1 Å². The van der Waals surface area contributed by atoms with Gasteiger partial charge in [0.15, 0.2) is 0 Å². The molecule has 1 saturated carbocycles. The highest BCUT2D eigenvalue weighted by molar-refractivity contribution is 5.33. The Labute approximate surface area is 97.7 Å². The normalized spacial score (nSPS) is 17.3. The van der Waals surface area contributed by atoms with Gasteiger partial charge in [0.1, 0.15) is 11.6 Å². The van der Waals surface area contributed by atoms with Crippen molar-refractivity contribution in [2.75, 3.05) is 11.9 Å². The maximum Gasteiger partial charge on any atom is 0.133 e. The van der Waals surface area contributed by atoms with Gasteiger partial charge in [0, 0.05) is 18.7 Å². The van der Waals surface area contributed by atoms with Gasteiger partial charge < -0.3 is 5.32 Å². The summed E-state index contributed by atoms with van der Waals surface area (Å²) in [6.07, 6.45) is 9.58. The minimum absolute atomic E-state index is 0.595. The van der Waals surface area contributed by atoms with Gasteiger partial charge in [-0.2, -0.15) is 0 Å². The lowest BCUT2D eigenvalue weighted by Gasteiger charge is -2.20. The zero-order valence-electron chi connectivity index (χ0n) is 10.1. The van der Waals surface area contributed by atoms with Crippen molar-refractivity contribution in [3.05, 3.63) is 18.1 Å². The van der Waals surface area contributed by atoms with Crippen LogP contribution >= 0.6 is 0 Å². The molecule has 3 heteroatoms. The maximum atomic E-state index is 4.61. The topological polar surface area (TPSA) is 37.8 Å². The van der Waals surface area contributed by atoms with Crippen LogP contribution in [-0.2, 0) is 0 Å². The summed E-state index contributed by atoms with van der Waals surface area (Å²) in [6.45, 7) is 3.15. The molecule has 0 atom stereocenters. The minimum Gasteiger partial charge on any atom is -0.370 e. The van der Waals surface area contributed by atoms with Crippen molar-refractivity contribution in [3.8, 4) is 0 Å². The minimum atomic E-state index is 0.595. The number of anilines is 1. The van der Waals surface area contributed by atoms with Crippen LogP contribution in [0.5, 0.6) is 0 Å². The quantitative estimate of drug-likeness (QED) is 0.844. The number of aromatic nitrogens is 2. The fourth-order valence-corrected chi connectivity index (χ4v) is 2.28. The fourth-order valence-electron chi connectivity index (χ4n) is 2.28. The van der Waals surface area contributed by atoms with Crippen LogP contribution < -0.4 is 5.32 Å². The Bertz CT molecular complexity index is 319. The predicted molar refractivity (Wildman–Crippen MR) is 66.6 cm³/mol. The molecule has 0 bridgehead atoms. The average Bonchev–Trinajstić information content (AvgIpc) is 2.38. The number of nitrogens with one attached hydrogen (secondary N) is 1. The zero-order chi connectivity index (χ0) is 11.2. The van der Waals surface area contributed by atoms with Crippen molar-refractivity contribution in [1.82, 2.24) is 9.97 Å². The van der Waals surface area contributed by atoms with Crippen molar-refractivity contribution in [2.45, 2.75) is 51.4 Å². The Morgan fingerprint density at radius 3 is 2.88 bits per heavy atom. The fraction of sp³-hybridized carbons (Fsp3) is 0.692. The molecule has 1 N–H and O–H groups in total. The summed E-state index contributed by atoms with van der Waals surface area (Å²) in [5.74, 6) is 2.62. The molecule has 0 spiro atoms. The summed E-state index contributed by atoms with van der Waals surface area (Å²) in [5, 5.41) is 3.32. The van der Waals surface area contributed by atoms with Crippen LogP contribution in [0.1, 0.15) is 57.2 Å². The van der Waals surface area contributed by atoms with Gasteiger partial charge >= 0.3 is 0 Å². The van der Waals surface area contributed by atoms with E-state index < -0.39 is 0 Å². The molecule has 1 aromatic heterocycles. The first-order valence-corrected chi connectivity index (χ1v) is 6.47. The Balaban J connectivity index is 2.02. The van der Waals surface area contributed by atoms with Crippen molar-refractivity contribution in [1.29, 1.82) is 0 Å². The number of nitrogens with zero attached hydrogens (tertiary/aromatic N) is 2. The van der Waals surface area contributed by atoms with E-state index >= 15 is 0 Å². The van der Waals surface area contributed by atoms with Crippen molar-refractivity contribution in [2.24, 2.45) is 0 Å². The van der Waals surface area contributed by atoms with Crippen LogP contribution in [0.15, 0.2) is 12.3 Å². The van der Waals surface area contributed by atoms with Gasteiger partial charge in [-0.3, -0.25) is 0 Å².